The molecule has 4 atom stereocenters. The van der Waals surface area contributed by atoms with Gasteiger partial charge in [-0.25, -0.2) is 4.39 Å². The van der Waals surface area contributed by atoms with E-state index in [4.69, 9.17) is 9.47 Å². The van der Waals surface area contributed by atoms with E-state index >= 15 is 4.39 Å². The van der Waals surface area contributed by atoms with E-state index in [1.54, 1.807) is 4.90 Å². The average Bonchev–Trinajstić information content (AvgIpc) is 3.25. The Bertz CT molecular complexity index is 1150. The molecule has 6 heteroatoms. The van der Waals surface area contributed by atoms with Gasteiger partial charge in [0.2, 0.25) is 0 Å². The highest BCUT2D eigenvalue weighted by Gasteiger charge is 2.62. The molecule has 178 valence electrons. The number of hydrogen-bond donors (Lipinski definition) is 0. The van der Waals surface area contributed by atoms with Crippen LogP contribution in [0.1, 0.15) is 49.7 Å². The lowest BCUT2D eigenvalue weighted by Gasteiger charge is -2.61. The van der Waals surface area contributed by atoms with E-state index < -0.39 is 5.41 Å². The smallest absolute Gasteiger partial charge is 0.312 e. The summed E-state index contributed by atoms with van der Waals surface area (Å²) < 4.78 is 26.1. The Balaban J connectivity index is 1.21. The number of benzene rings is 2. The van der Waals surface area contributed by atoms with Crippen LogP contribution in [-0.4, -0.2) is 32.1 Å². The molecule has 2 aromatic rings. The standard InChI is InChI=1S/C28H30FNO4/c1-33-21-6-7-22(23(29)11-21)27-12-18-10-19(13-27)15-28(14-18,17-27)26(32)34-16-25(31)30-9-8-20-4-2-3-5-24(20)30/h2-7,11,18-19H,8-10,12-17H2,1H3/t18-,19+,27?,28?. The maximum absolute atomic E-state index is 15.2. The summed E-state index contributed by atoms with van der Waals surface area (Å²) in [5, 5.41) is 0. The highest BCUT2D eigenvalue weighted by atomic mass is 19.1. The molecule has 5 aliphatic rings. The van der Waals surface area contributed by atoms with Crippen LogP contribution < -0.4 is 9.64 Å². The molecule has 0 saturated heterocycles. The third kappa shape index (κ3) is 3.33. The van der Waals surface area contributed by atoms with Gasteiger partial charge in [0.1, 0.15) is 11.6 Å². The second-order valence-corrected chi connectivity index (χ2v) is 10.9. The fourth-order valence-corrected chi connectivity index (χ4v) is 7.82. The topological polar surface area (TPSA) is 55.8 Å². The second-order valence-electron chi connectivity index (χ2n) is 10.9. The summed E-state index contributed by atoms with van der Waals surface area (Å²) in [6, 6.07) is 13.0. The summed E-state index contributed by atoms with van der Waals surface area (Å²) in [7, 11) is 1.53. The normalized spacial score (nSPS) is 30.8. The Kier molecular flexibility index (Phi) is 4.98. The van der Waals surface area contributed by atoms with E-state index in [1.807, 2.05) is 36.4 Å². The first-order chi connectivity index (χ1) is 16.4. The monoisotopic (exact) mass is 463 g/mol. The molecule has 1 heterocycles. The van der Waals surface area contributed by atoms with E-state index in [0.717, 1.165) is 49.8 Å². The van der Waals surface area contributed by atoms with Crippen LogP contribution in [0.3, 0.4) is 0 Å². The number of carbonyl (C=O) groups excluding carboxylic acids is 2. The fraction of sp³-hybridized carbons (Fsp3) is 0.500. The number of rotatable bonds is 5. The van der Waals surface area contributed by atoms with Gasteiger partial charge in [-0.3, -0.25) is 9.59 Å². The van der Waals surface area contributed by atoms with Crippen molar-refractivity contribution in [2.45, 2.75) is 50.4 Å². The zero-order valence-electron chi connectivity index (χ0n) is 19.5. The predicted octanol–water partition coefficient (Wildman–Crippen LogP) is 4.80. The van der Waals surface area contributed by atoms with E-state index in [9.17, 15) is 9.59 Å². The third-order valence-corrected chi connectivity index (χ3v) is 8.76. The Morgan fingerprint density at radius 1 is 1.09 bits per heavy atom. The van der Waals surface area contributed by atoms with Crippen LogP contribution in [0.25, 0.3) is 0 Å². The lowest BCUT2D eigenvalue weighted by atomic mass is 9.43. The number of esters is 1. The second kappa shape index (κ2) is 7.82. The number of methoxy groups -OCH3 is 1. The molecule has 5 nitrogen and oxygen atoms in total. The minimum atomic E-state index is -0.625. The number of ether oxygens (including phenoxy) is 2. The van der Waals surface area contributed by atoms with Crippen LogP contribution in [0.4, 0.5) is 10.1 Å². The van der Waals surface area contributed by atoms with Gasteiger partial charge >= 0.3 is 5.97 Å². The number of halogens is 1. The molecule has 0 radical (unpaired) electrons. The van der Waals surface area contributed by atoms with Crippen molar-refractivity contribution >= 4 is 17.6 Å². The predicted molar refractivity (Wildman–Crippen MR) is 125 cm³/mol. The van der Waals surface area contributed by atoms with Gasteiger partial charge in [-0.15, -0.1) is 0 Å². The Morgan fingerprint density at radius 3 is 2.59 bits per heavy atom. The average molecular weight is 464 g/mol. The first-order valence-corrected chi connectivity index (χ1v) is 12.3. The summed E-state index contributed by atoms with van der Waals surface area (Å²) in [5.41, 5.74) is 1.78. The van der Waals surface area contributed by atoms with Gasteiger partial charge in [-0.05, 0) is 85.5 Å². The summed E-state index contributed by atoms with van der Waals surface area (Å²) >= 11 is 0. The fourth-order valence-electron chi connectivity index (χ4n) is 7.82. The molecular formula is C28H30FNO4. The molecule has 1 amide bonds. The maximum Gasteiger partial charge on any atom is 0.312 e. The number of amides is 1. The van der Waals surface area contributed by atoms with Crippen LogP contribution >= 0.6 is 0 Å². The summed E-state index contributed by atoms with van der Waals surface area (Å²) in [6.07, 6.45) is 5.88. The molecule has 2 unspecified atom stereocenters. The van der Waals surface area contributed by atoms with Gasteiger partial charge in [0.25, 0.3) is 5.91 Å². The molecule has 4 bridgehead atoms. The Morgan fingerprint density at radius 2 is 1.85 bits per heavy atom. The van der Waals surface area contributed by atoms with Crippen molar-refractivity contribution < 1.29 is 23.5 Å². The first kappa shape index (κ1) is 21.6. The van der Waals surface area contributed by atoms with Crippen molar-refractivity contribution in [2.24, 2.45) is 17.3 Å². The third-order valence-electron chi connectivity index (χ3n) is 8.76. The van der Waals surface area contributed by atoms with Crippen molar-refractivity contribution in [1.29, 1.82) is 0 Å². The number of anilines is 1. The molecule has 0 spiro atoms. The van der Waals surface area contributed by atoms with Crippen molar-refractivity contribution in [3.8, 4) is 5.75 Å². The maximum atomic E-state index is 15.2. The van der Waals surface area contributed by atoms with E-state index in [0.29, 0.717) is 36.1 Å². The molecule has 2 aromatic carbocycles. The van der Waals surface area contributed by atoms with Crippen LogP contribution in [0.5, 0.6) is 5.75 Å². The zero-order chi connectivity index (χ0) is 23.5. The van der Waals surface area contributed by atoms with Crippen molar-refractivity contribution in [3.05, 3.63) is 59.4 Å². The number of para-hydroxylation sites is 1. The number of fused-ring (bicyclic) bond motifs is 1. The van der Waals surface area contributed by atoms with Crippen LogP contribution in [-0.2, 0) is 26.2 Å². The summed E-state index contributed by atoms with van der Waals surface area (Å²) in [5.74, 6) is 0.558. The lowest BCUT2D eigenvalue weighted by Crippen LogP contribution is -2.57. The van der Waals surface area contributed by atoms with Crippen LogP contribution in [0, 0.1) is 23.1 Å². The minimum Gasteiger partial charge on any atom is -0.497 e. The van der Waals surface area contributed by atoms with Gasteiger partial charge in [0.05, 0.1) is 12.5 Å². The largest absolute Gasteiger partial charge is 0.497 e. The zero-order valence-corrected chi connectivity index (χ0v) is 19.5. The summed E-state index contributed by atoms with van der Waals surface area (Å²) in [6.45, 7) is 0.374. The minimum absolute atomic E-state index is 0.182. The van der Waals surface area contributed by atoms with Crippen LogP contribution in [0.15, 0.2) is 42.5 Å². The van der Waals surface area contributed by atoms with Crippen molar-refractivity contribution in [1.82, 2.24) is 0 Å². The molecule has 34 heavy (non-hydrogen) atoms. The number of carbonyl (C=O) groups is 2. The van der Waals surface area contributed by atoms with Gasteiger partial charge in [-0.2, -0.15) is 0 Å². The van der Waals surface area contributed by atoms with Gasteiger partial charge in [0.15, 0.2) is 6.61 Å². The van der Waals surface area contributed by atoms with Gasteiger partial charge in [-0.1, -0.05) is 24.3 Å². The quantitative estimate of drug-likeness (QED) is 0.598. The van der Waals surface area contributed by atoms with Crippen molar-refractivity contribution in [3.63, 3.8) is 0 Å². The number of nitrogens with zero attached hydrogens (tertiary/aromatic N) is 1. The molecule has 4 saturated carbocycles. The SMILES string of the molecule is COc1ccc(C23C[C@@H]4C[C@@H](CC(C(=O)OCC(=O)N5CCc6ccccc65)(C4)C2)C3)c(F)c1. The molecule has 0 aromatic heterocycles. The molecule has 4 aliphatic carbocycles. The van der Waals surface area contributed by atoms with Crippen LogP contribution in [0.2, 0.25) is 0 Å². The van der Waals surface area contributed by atoms with Crippen molar-refractivity contribution in [2.75, 3.05) is 25.2 Å². The molecular weight excluding hydrogens is 433 g/mol. The van der Waals surface area contributed by atoms with Gasteiger partial charge < -0.3 is 14.4 Å². The molecule has 7 rings (SSSR count). The highest BCUT2D eigenvalue weighted by Crippen LogP contribution is 2.66. The van der Waals surface area contributed by atoms with E-state index in [-0.39, 0.29) is 29.7 Å². The highest BCUT2D eigenvalue weighted by molar-refractivity contribution is 5.97. The van der Waals surface area contributed by atoms with E-state index in [2.05, 4.69) is 0 Å². The molecule has 4 fully saturated rings. The first-order valence-electron chi connectivity index (χ1n) is 12.3. The Labute approximate surface area is 199 Å². The summed E-state index contributed by atoms with van der Waals surface area (Å²) in [4.78, 5) is 28.1. The lowest BCUT2D eigenvalue weighted by molar-refractivity contribution is -0.175. The molecule has 0 N–H and O–H groups in total. The van der Waals surface area contributed by atoms with Gasteiger partial charge in [0, 0.05) is 18.3 Å². The molecule has 1 aliphatic heterocycles. The Hall–Kier alpha value is -2.89. The van der Waals surface area contributed by atoms with E-state index in [1.165, 1.54) is 13.2 Å². The number of hydrogen-bond acceptors (Lipinski definition) is 4.